The van der Waals surface area contributed by atoms with Gasteiger partial charge in [-0.2, -0.15) is 0 Å². The van der Waals surface area contributed by atoms with E-state index in [0.29, 0.717) is 22.5 Å². The largest absolute Gasteiger partial charge is 0.336 e. The summed E-state index contributed by atoms with van der Waals surface area (Å²) in [5.74, 6) is -0.361. The number of nitrogens with one attached hydrogen (secondary N) is 2. The SMILES string of the molecule is Cc1cc(C)c(NS(=O)(=O)c2sccc2S(=O)(=O)Nc2onc(C)c2Cl)c(S(C)(=O)=O)c1. The molecule has 0 fully saturated rings. The van der Waals surface area contributed by atoms with Crippen LogP contribution in [0.3, 0.4) is 0 Å². The van der Waals surface area contributed by atoms with Crippen LogP contribution in [0.5, 0.6) is 0 Å². The maximum absolute atomic E-state index is 13.1. The van der Waals surface area contributed by atoms with Crippen molar-refractivity contribution < 1.29 is 29.8 Å². The molecule has 0 unspecified atom stereocenters. The van der Waals surface area contributed by atoms with Crippen LogP contribution < -0.4 is 9.44 Å². The standard InChI is InChI=1S/C17H18ClN3O7S4/c1-9-7-10(2)15(13(8-9)30(4,22)23)20-32(26,27)17-12(5-6-29-17)31(24,25)21-16-14(18)11(3)19-28-16/h5-8,20-21H,1-4H3. The van der Waals surface area contributed by atoms with E-state index in [0.717, 1.165) is 12.3 Å². The first-order valence-electron chi connectivity index (χ1n) is 8.69. The quantitative estimate of drug-likeness (QED) is 0.463. The molecule has 0 aliphatic heterocycles. The Kier molecular flexibility index (Phi) is 6.38. The smallest absolute Gasteiger partial charge is 0.272 e. The molecule has 1 aromatic carbocycles. The van der Waals surface area contributed by atoms with E-state index in [1.807, 2.05) is 0 Å². The zero-order chi connectivity index (χ0) is 24.1. The van der Waals surface area contributed by atoms with Crippen LogP contribution in [0.2, 0.25) is 5.02 Å². The zero-order valence-electron chi connectivity index (χ0n) is 17.1. The van der Waals surface area contributed by atoms with E-state index in [1.165, 1.54) is 18.4 Å². The summed E-state index contributed by atoms with van der Waals surface area (Å²) in [6.45, 7) is 4.71. The Labute approximate surface area is 194 Å². The van der Waals surface area contributed by atoms with Crippen LogP contribution in [0.15, 0.2) is 42.1 Å². The van der Waals surface area contributed by atoms with E-state index < -0.39 is 39.0 Å². The summed E-state index contributed by atoms with van der Waals surface area (Å²) >= 11 is 6.58. The Balaban J connectivity index is 2.07. The molecule has 0 aliphatic rings. The van der Waals surface area contributed by atoms with E-state index in [-0.39, 0.29) is 27.2 Å². The van der Waals surface area contributed by atoms with Gasteiger partial charge in [-0.3, -0.25) is 4.72 Å². The summed E-state index contributed by atoms with van der Waals surface area (Å²) in [5, 5.41) is 4.74. The van der Waals surface area contributed by atoms with Crippen molar-refractivity contribution >= 4 is 64.4 Å². The number of thiophene rings is 1. The Hall–Kier alpha value is -2.13. The molecule has 3 aromatic rings. The first-order chi connectivity index (χ1) is 14.6. The van der Waals surface area contributed by atoms with Gasteiger partial charge < -0.3 is 4.52 Å². The van der Waals surface area contributed by atoms with Gasteiger partial charge in [0.05, 0.1) is 10.6 Å². The highest BCUT2D eigenvalue weighted by atomic mass is 35.5. The molecule has 0 bridgehead atoms. The molecule has 2 N–H and O–H groups in total. The first-order valence-corrected chi connectivity index (χ1v) is 14.8. The zero-order valence-corrected chi connectivity index (χ0v) is 21.1. The van der Waals surface area contributed by atoms with Crippen molar-refractivity contribution in [2.24, 2.45) is 0 Å². The predicted octanol–water partition coefficient (Wildman–Crippen LogP) is 3.32. The molecule has 3 rings (SSSR count). The number of halogens is 1. The Morgan fingerprint density at radius 2 is 1.62 bits per heavy atom. The minimum Gasteiger partial charge on any atom is -0.336 e. The van der Waals surface area contributed by atoms with Gasteiger partial charge in [-0.15, -0.1) is 11.3 Å². The van der Waals surface area contributed by atoms with Gasteiger partial charge in [0.15, 0.2) is 14.0 Å². The van der Waals surface area contributed by atoms with Crippen molar-refractivity contribution in [2.75, 3.05) is 15.7 Å². The molecule has 10 nitrogen and oxygen atoms in total. The van der Waals surface area contributed by atoms with E-state index in [2.05, 4.69) is 14.6 Å². The minimum atomic E-state index is -4.49. The van der Waals surface area contributed by atoms with E-state index in [1.54, 1.807) is 19.9 Å². The number of aromatic nitrogens is 1. The number of anilines is 2. The molecular weight excluding hydrogens is 522 g/mol. The van der Waals surface area contributed by atoms with Gasteiger partial charge in [0.25, 0.3) is 25.9 Å². The third kappa shape index (κ3) is 4.78. The van der Waals surface area contributed by atoms with Crippen molar-refractivity contribution in [1.29, 1.82) is 0 Å². The molecule has 32 heavy (non-hydrogen) atoms. The summed E-state index contributed by atoms with van der Waals surface area (Å²) in [5.41, 5.74) is 1.06. The van der Waals surface area contributed by atoms with Crippen molar-refractivity contribution in [1.82, 2.24) is 5.16 Å². The van der Waals surface area contributed by atoms with Crippen LogP contribution in [0.4, 0.5) is 11.6 Å². The van der Waals surface area contributed by atoms with Crippen molar-refractivity contribution in [2.45, 2.75) is 34.8 Å². The van der Waals surface area contributed by atoms with Crippen LogP contribution in [0.25, 0.3) is 0 Å². The Bertz CT molecular complexity index is 1520. The summed E-state index contributed by atoms with van der Waals surface area (Å²) < 4.78 is 85.0. The van der Waals surface area contributed by atoms with Gasteiger partial charge in [-0.1, -0.05) is 22.8 Å². The summed E-state index contributed by atoms with van der Waals surface area (Å²) in [4.78, 5) is -0.785. The number of aryl methyl sites for hydroxylation is 3. The number of hydrogen-bond acceptors (Lipinski definition) is 9. The molecular formula is C17H18ClN3O7S4. The maximum atomic E-state index is 13.1. The van der Waals surface area contributed by atoms with Gasteiger partial charge in [0.1, 0.15) is 15.6 Å². The lowest BCUT2D eigenvalue weighted by molar-refractivity contribution is 0.430. The summed E-state index contributed by atoms with van der Waals surface area (Å²) in [6, 6.07) is 4.04. The average molecular weight is 540 g/mol. The van der Waals surface area contributed by atoms with E-state index in [9.17, 15) is 25.3 Å². The highest BCUT2D eigenvalue weighted by molar-refractivity contribution is 7.97. The van der Waals surface area contributed by atoms with Gasteiger partial charge in [-0.05, 0) is 49.4 Å². The third-order valence-corrected chi connectivity index (χ3v) is 10.3. The number of sulfonamides is 2. The molecule has 0 saturated carbocycles. The van der Waals surface area contributed by atoms with Crippen LogP contribution in [0, 0.1) is 20.8 Å². The monoisotopic (exact) mass is 539 g/mol. The maximum Gasteiger partial charge on any atom is 0.272 e. The molecule has 174 valence electrons. The number of rotatable bonds is 7. The van der Waals surface area contributed by atoms with E-state index >= 15 is 0 Å². The van der Waals surface area contributed by atoms with E-state index in [4.69, 9.17) is 16.1 Å². The average Bonchev–Trinajstić information content (AvgIpc) is 3.27. The molecule has 15 heteroatoms. The fourth-order valence-corrected chi connectivity index (χ4v) is 8.48. The fraction of sp³-hybridized carbons (Fsp3) is 0.235. The van der Waals surface area contributed by atoms with Crippen LogP contribution in [-0.4, -0.2) is 36.7 Å². The highest BCUT2D eigenvalue weighted by Gasteiger charge is 2.31. The van der Waals surface area contributed by atoms with Gasteiger partial charge in [-0.25, -0.2) is 30.0 Å². The Morgan fingerprint density at radius 3 is 2.19 bits per heavy atom. The lowest BCUT2D eigenvalue weighted by atomic mass is 10.1. The van der Waals surface area contributed by atoms with Gasteiger partial charge in [0.2, 0.25) is 0 Å². The summed E-state index contributed by atoms with van der Waals surface area (Å²) in [6.07, 6.45) is 0.951. The molecule has 0 spiro atoms. The first kappa shape index (κ1) is 24.5. The molecule has 0 atom stereocenters. The lowest BCUT2D eigenvalue weighted by Gasteiger charge is -2.15. The number of nitrogens with zero attached hydrogens (tertiary/aromatic N) is 1. The number of sulfone groups is 1. The number of hydrogen-bond donors (Lipinski definition) is 2. The Morgan fingerprint density at radius 1 is 0.969 bits per heavy atom. The molecule has 2 heterocycles. The lowest BCUT2D eigenvalue weighted by Crippen LogP contribution is -2.20. The third-order valence-electron chi connectivity index (χ3n) is 4.23. The fourth-order valence-electron chi connectivity index (χ4n) is 2.81. The predicted molar refractivity (Wildman–Crippen MR) is 121 cm³/mol. The van der Waals surface area contributed by atoms with Crippen molar-refractivity contribution in [3.05, 3.63) is 45.4 Å². The molecule has 0 amide bonds. The normalized spacial score (nSPS) is 12.7. The second-order valence-electron chi connectivity index (χ2n) is 6.92. The van der Waals surface area contributed by atoms with Crippen LogP contribution in [-0.2, 0) is 29.9 Å². The molecule has 0 radical (unpaired) electrons. The second-order valence-corrected chi connectivity index (χ2v) is 13.7. The topological polar surface area (TPSA) is 153 Å². The van der Waals surface area contributed by atoms with Gasteiger partial charge >= 0.3 is 0 Å². The molecule has 2 aromatic heterocycles. The van der Waals surface area contributed by atoms with Crippen LogP contribution in [0.1, 0.15) is 16.8 Å². The van der Waals surface area contributed by atoms with Crippen molar-refractivity contribution in [3.63, 3.8) is 0 Å². The van der Waals surface area contributed by atoms with Crippen LogP contribution >= 0.6 is 22.9 Å². The van der Waals surface area contributed by atoms with Gasteiger partial charge in [0, 0.05) is 6.26 Å². The summed E-state index contributed by atoms with van der Waals surface area (Å²) in [7, 11) is -12.7. The number of benzene rings is 1. The van der Waals surface area contributed by atoms with Crippen molar-refractivity contribution in [3.8, 4) is 0 Å². The minimum absolute atomic E-state index is 0.0700. The molecule has 0 saturated heterocycles. The second kappa shape index (κ2) is 8.33. The molecule has 0 aliphatic carbocycles. The highest BCUT2D eigenvalue weighted by Crippen LogP contribution is 2.35.